The van der Waals surface area contributed by atoms with Crippen LogP contribution in [-0.4, -0.2) is 47.0 Å². The molecule has 2 aliphatic heterocycles. The number of imide groups is 2. The summed E-state index contributed by atoms with van der Waals surface area (Å²) in [6.45, 7) is 2.53. The molecule has 8 nitrogen and oxygen atoms in total. The quantitative estimate of drug-likeness (QED) is 0.695. The van der Waals surface area contributed by atoms with Crippen molar-refractivity contribution in [3.63, 3.8) is 0 Å². The number of amides is 5. The second-order valence-corrected chi connectivity index (χ2v) is 9.29. The lowest BCUT2D eigenvalue weighted by Crippen LogP contribution is -2.54. The third-order valence-electron chi connectivity index (χ3n) is 6.74. The van der Waals surface area contributed by atoms with Crippen LogP contribution in [0.3, 0.4) is 0 Å². The number of nitrogens with zero attached hydrogens (tertiary/aromatic N) is 1. The number of hydrogen-bond donors (Lipinski definition) is 2. The Morgan fingerprint density at radius 3 is 2.39 bits per heavy atom. The van der Waals surface area contributed by atoms with E-state index in [1.165, 1.54) is 23.3 Å². The number of fused-ring (bicyclic) bond motifs is 2. The van der Waals surface area contributed by atoms with Crippen molar-refractivity contribution in [1.29, 1.82) is 0 Å². The second kappa shape index (κ2) is 7.65. The summed E-state index contributed by atoms with van der Waals surface area (Å²) in [4.78, 5) is 63.9. The van der Waals surface area contributed by atoms with Crippen LogP contribution >= 0.6 is 0 Å². The maximum absolute atomic E-state index is 13.2. The highest BCUT2D eigenvalue weighted by molar-refractivity contribution is 6.26. The van der Waals surface area contributed by atoms with Gasteiger partial charge in [-0.2, -0.15) is 0 Å². The Kier molecular flexibility index (Phi) is 4.88. The minimum atomic E-state index is -1.07. The van der Waals surface area contributed by atoms with Gasteiger partial charge in [0.1, 0.15) is 6.04 Å². The molecule has 0 aromatic heterocycles. The standard InChI is InChI=1S/C25H23N3O5/c1-25(11-14-5-2-3-6-15(14)12-25)13-26-21(30)16-7-4-8-17-20(16)24(33)28(23(17)32)18-9-10-19(29)27-22(18)31/h2-8,18H,9-13H2,1H3,(H,26,30)(H,27,29,31). The summed E-state index contributed by atoms with van der Waals surface area (Å²) < 4.78 is 0. The molecule has 33 heavy (non-hydrogen) atoms. The van der Waals surface area contributed by atoms with Gasteiger partial charge in [0.25, 0.3) is 17.7 Å². The van der Waals surface area contributed by atoms with Gasteiger partial charge in [0.2, 0.25) is 11.8 Å². The van der Waals surface area contributed by atoms with Gasteiger partial charge in [-0.05, 0) is 47.9 Å². The topological polar surface area (TPSA) is 113 Å². The number of carbonyl (C=O) groups excluding carboxylic acids is 5. The summed E-state index contributed by atoms with van der Waals surface area (Å²) in [5, 5.41) is 5.12. The van der Waals surface area contributed by atoms with Gasteiger partial charge >= 0.3 is 0 Å². The molecule has 0 bridgehead atoms. The van der Waals surface area contributed by atoms with Gasteiger partial charge in [-0.15, -0.1) is 0 Å². The van der Waals surface area contributed by atoms with Gasteiger partial charge in [0, 0.05) is 13.0 Å². The van der Waals surface area contributed by atoms with Gasteiger partial charge in [-0.1, -0.05) is 37.3 Å². The van der Waals surface area contributed by atoms with Crippen LogP contribution in [0.5, 0.6) is 0 Å². The van der Waals surface area contributed by atoms with E-state index in [1.54, 1.807) is 6.07 Å². The average Bonchev–Trinajstić information content (AvgIpc) is 3.26. The lowest BCUT2D eigenvalue weighted by molar-refractivity contribution is -0.136. The van der Waals surface area contributed by atoms with Gasteiger partial charge in [0.15, 0.2) is 0 Å². The van der Waals surface area contributed by atoms with Crippen molar-refractivity contribution in [3.05, 3.63) is 70.3 Å². The SMILES string of the molecule is CC1(CNC(=O)c2cccc3c2C(=O)N(C2CCC(=O)NC2=O)C3=O)Cc2ccccc2C1. The summed E-state index contributed by atoms with van der Waals surface area (Å²) in [7, 11) is 0. The maximum Gasteiger partial charge on any atom is 0.263 e. The van der Waals surface area contributed by atoms with E-state index >= 15 is 0 Å². The fourth-order valence-electron chi connectivity index (χ4n) is 5.10. The maximum atomic E-state index is 13.2. The number of hydrogen-bond acceptors (Lipinski definition) is 5. The van der Waals surface area contributed by atoms with Crippen molar-refractivity contribution in [2.75, 3.05) is 6.54 Å². The molecule has 0 spiro atoms. The van der Waals surface area contributed by atoms with Crippen LogP contribution < -0.4 is 10.6 Å². The smallest absolute Gasteiger partial charge is 0.263 e. The number of benzene rings is 2. The number of nitrogens with one attached hydrogen (secondary N) is 2. The van der Waals surface area contributed by atoms with E-state index in [1.807, 2.05) is 12.1 Å². The first-order valence-corrected chi connectivity index (χ1v) is 11.0. The molecule has 5 amide bonds. The lowest BCUT2D eigenvalue weighted by atomic mass is 9.87. The Morgan fingerprint density at radius 1 is 1.03 bits per heavy atom. The Morgan fingerprint density at radius 2 is 1.73 bits per heavy atom. The van der Waals surface area contributed by atoms with E-state index in [4.69, 9.17) is 0 Å². The minimum absolute atomic E-state index is 0.00422. The molecule has 1 unspecified atom stereocenters. The van der Waals surface area contributed by atoms with Crippen LogP contribution in [0.2, 0.25) is 0 Å². The minimum Gasteiger partial charge on any atom is -0.351 e. The van der Waals surface area contributed by atoms with Crippen LogP contribution in [0.15, 0.2) is 42.5 Å². The molecule has 1 aliphatic carbocycles. The largest absolute Gasteiger partial charge is 0.351 e. The highest BCUT2D eigenvalue weighted by atomic mass is 16.2. The molecule has 2 aromatic carbocycles. The number of piperidine rings is 1. The van der Waals surface area contributed by atoms with Crippen molar-refractivity contribution in [3.8, 4) is 0 Å². The average molecular weight is 445 g/mol. The fraction of sp³-hybridized carbons (Fsp3) is 0.320. The van der Waals surface area contributed by atoms with E-state index in [2.05, 4.69) is 29.7 Å². The van der Waals surface area contributed by atoms with E-state index in [-0.39, 0.29) is 34.9 Å². The Labute approximate surface area is 190 Å². The molecule has 2 aromatic rings. The normalized spacial score (nSPS) is 21.0. The van der Waals surface area contributed by atoms with E-state index in [0.29, 0.717) is 6.54 Å². The third-order valence-corrected chi connectivity index (χ3v) is 6.74. The highest BCUT2D eigenvalue weighted by Gasteiger charge is 2.46. The molecule has 2 N–H and O–H groups in total. The number of rotatable bonds is 4. The van der Waals surface area contributed by atoms with Crippen LogP contribution in [0.4, 0.5) is 0 Å². The predicted molar refractivity (Wildman–Crippen MR) is 117 cm³/mol. The summed E-state index contributed by atoms with van der Waals surface area (Å²) in [5.41, 5.74) is 2.61. The molecule has 1 atom stereocenters. The third kappa shape index (κ3) is 3.51. The van der Waals surface area contributed by atoms with Crippen molar-refractivity contribution >= 4 is 29.5 Å². The van der Waals surface area contributed by atoms with E-state index < -0.39 is 35.6 Å². The molecule has 1 saturated heterocycles. The molecule has 3 aliphatic rings. The van der Waals surface area contributed by atoms with Crippen LogP contribution in [0.25, 0.3) is 0 Å². The lowest BCUT2D eigenvalue weighted by Gasteiger charge is -2.27. The first-order chi connectivity index (χ1) is 15.8. The Balaban J connectivity index is 1.35. The number of carbonyl (C=O) groups is 5. The van der Waals surface area contributed by atoms with Crippen LogP contribution in [0.1, 0.15) is 62.0 Å². The summed E-state index contributed by atoms with van der Waals surface area (Å²) in [5.74, 6) is -2.86. The molecule has 1 fully saturated rings. The first-order valence-electron chi connectivity index (χ1n) is 11.0. The Bertz CT molecular complexity index is 1210. The van der Waals surface area contributed by atoms with Gasteiger partial charge in [0.05, 0.1) is 16.7 Å². The molecule has 0 saturated carbocycles. The predicted octanol–water partition coefficient (Wildman–Crippen LogP) is 1.62. The molecule has 5 rings (SSSR count). The fourth-order valence-corrected chi connectivity index (χ4v) is 5.10. The second-order valence-electron chi connectivity index (χ2n) is 9.29. The van der Waals surface area contributed by atoms with Gasteiger partial charge in [-0.25, -0.2) is 0 Å². The first kappa shape index (κ1) is 21.1. The summed E-state index contributed by atoms with van der Waals surface area (Å²) in [6, 6.07) is 11.7. The van der Waals surface area contributed by atoms with Gasteiger partial charge in [-0.3, -0.25) is 34.2 Å². The van der Waals surface area contributed by atoms with Gasteiger partial charge < -0.3 is 5.32 Å². The molecule has 168 valence electrons. The zero-order chi connectivity index (χ0) is 23.3. The zero-order valence-corrected chi connectivity index (χ0v) is 18.1. The monoisotopic (exact) mass is 445 g/mol. The molecular weight excluding hydrogens is 422 g/mol. The summed E-state index contributed by atoms with van der Waals surface area (Å²) >= 11 is 0. The van der Waals surface area contributed by atoms with Crippen molar-refractivity contribution in [2.45, 2.75) is 38.6 Å². The summed E-state index contributed by atoms with van der Waals surface area (Å²) in [6.07, 6.45) is 1.79. The Hall–Kier alpha value is -3.81. The zero-order valence-electron chi connectivity index (χ0n) is 18.1. The van der Waals surface area contributed by atoms with Crippen molar-refractivity contribution in [1.82, 2.24) is 15.5 Å². The van der Waals surface area contributed by atoms with Crippen molar-refractivity contribution < 1.29 is 24.0 Å². The van der Waals surface area contributed by atoms with Crippen LogP contribution in [-0.2, 0) is 22.4 Å². The highest BCUT2D eigenvalue weighted by Crippen LogP contribution is 2.36. The van der Waals surface area contributed by atoms with E-state index in [9.17, 15) is 24.0 Å². The van der Waals surface area contributed by atoms with Crippen molar-refractivity contribution in [2.24, 2.45) is 5.41 Å². The van der Waals surface area contributed by atoms with E-state index in [0.717, 1.165) is 17.7 Å². The molecule has 8 heteroatoms. The molecule has 2 heterocycles. The van der Waals surface area contributed by atoms with Crippen LogP contribution in [0, 0.1) is 5.41 Å². The molecule has 0 radical (unpaired) electrons. The molecular formula is C25H23N3O5.